The molecule has 1 fully saturated rings. The lowest BCUT2D eigenvalue weighted by atomic mass is 9.99. The number of benzene rings is 1. The van der Waals surface area contributed by atoms with Gasteiger partial charge in [-0.15, -0.1) is 0 Å². The molecular weight excluding hydrogens is 304 g/mol. The zero-order valence-corrected chi connectivity index (χ0v) is 12.2. The Morgan fingerprint density at radius 2 is 1.81 bits per heavy atom. The summed E-state index contributed by atoms with van der Waals surface area (Å²) in [4.78, 5) is 10.1. The predicted molar refractivity (Wildman–Crippen MR) is 70.2 cm³/mol. The number of carboxylic acid groups (broad SMARTS) is 1. The van der Waals surface area contributed by atoms with Gasteiger partial charge < -0.3 is 5.11 Å². The average molecular weight is 319 g/mol. The molecule has 0 atom stereocenters. The summed E-state index contributed by atoms with van der Waals surface area (Å²) in [6.45, 7) is 1.30. The smallest absolute Gasteiger partial charge is 0.306 e. The van der Waals surface area contributed by atoms with E-state index in [0.717, 1.165) is 10.4 Å². The summed E-state index contributed by atoms with van der Waals surface area (Å²) >= 11 is 0. The molecular formula is C13H15F2NO4S. The van der Waals surface area contributed by atoms with Crippen LogP contribution in [0.2, 0.25) is 0 Å². The molecule has 0 saturated carbocycles. The number of carboxylic acids is 1. The molecule has 1 aromatic carbocycles. The molecule has 1 N–H and O–H groups in total. The van der Waals surface area contributed by atoms with E-state index in [1.54, 1.807) is 0 Å². The SMILES string of the molecule is Cc1cc(F)c(S(=O)(=O)N2CCC(C(=O)O)CC2)cc1F. The largest absolute Gasteiger partial charge is 0.481 e. The Morgan fingerprint density at radius 3 is 2.33 bits per heavy atom. The first-order chi connectivity index (χ1) is 9.73. The monoisotopic (exact) mass is 319 g/mol. The van der Waals surface area contributed by atoms with E-state index in [1.807, 2.05) is 0 Å². The van der Waals surface area contributed by atoms with E-state index >= 15 is 0 Å². The second-order valence-corrected chi connectivity index (χ2v) is 6.95. The van der Waals surface area contributed by atoms with Gasteiger partial charge >= 0.3 is 5.97 Å². The van der Waals surface area contributed by atoms with Crippen LogP contribution in [0.15, 0.2) is 17.0 Å². The minimum atomic E-state index is -4.16. The van der Waals surface area contributed by atoms with Gasteiger partial charge in [0, 0.05) is 13.1 Å². The van der Waals surface area contributed by atoms with Crippen molar-refractivity contribution in [3.63, 3.8) is 0 Å². The number of sulfonamides is 1. The maximum Gasteiger partial charge on any atom is 0.306 e. The van der Waals surface area contributed by atoms with Crippen molar-refractivity contribution in [1.82, 2.24) is 4.31 Å². The van der Waals surface area contributed by atoms with E-state index in [2.05, 4.69) is 0 Å². The molecule has 1 saturated heterocycles. The third-order valence-corrected chi connectivity index (χ3v) is 5.55. The van der Waals surface area contributed by atoms with E-state index in [4.69, 9.17) is 5.11 Å². The maximum atomic E-state index is 13.8. The number of hydrogen-bond donors (Lipinski definition) is 1. The van der Waals surface area contributed by atoms with Crippen LogP contribution >= 0.6 is 0 Å². The average Bonchev–Trinajstić information content (AvgIpc) is 2.42. The summed E-state index contributed by atoms with van der Waals surface area (Å²) in [5, 5.41) is 8.88. The molecule has 0 unspecified atom stereocenters. The lowest BCUT2D eigenvalue weighted by molar-refractivity contribution is -0.142. The quantitative estimate of drug-likeness (QED) is 0.921. The molecule has 0 spiro atoms. The highest BCUT2D eigenvalue weighted by Gasteiger charge is 2.33. The fourth-order valence-electron chi connectivity index (χ4n) is 2.31. The first kappa shape index (κ1) is 15.8. The molecule has 5 nitrogen and oxygen atoms in total. The molecule has 1 aliphatic rings. The Kier molecular flexibility index (Phi) is 4.29. The van der Waals surface area contributed by atoms with Crippen molar-refractivity contribution < 1.29 is 27.1 Å². The first-order valence-corrected chi connectivity index (χ1v) is 7.86. The van der Waals surface area contributed by atoms with Gasteiger partial charge in [0.05, 0.1) is 5.92 Å². The van der Waals surface area contributed by atoms with Gasteiger partial charge in [-0.1, -0.05) is 0 Å². The number of hydrogen-bond acceptors (Lipinski definition) is 3. The molecule has 0 amide bonds. The van der Waals surface area contributed by atoms with E-state index in [1.165, 1.54) is 6.92 Å². The number of piperidine rings is 1. The van der Waals surface area contributed by atoms with Crippen molar-refractivity contribution in [3.05, 3.63) is 29.3 Å². The van der Waals surface area contributed by atoms with Crippen molar-refractivity contribution in [1.29, 1.82) is 0 Å². The van der Waals surface area contributed by atoms with Gasteiger partial charge in [-0.3, -0.25) is 4.79 Å². The summed E-state index contributed by atoms with van der Waals surface area (Å²) in [7, 11) is -4.16. The van der Waals surface area contributed by atoms with Crippen molar-refractivity contribution in [3.8, 4) is 0 Å². The summed E-state index contributed by atoms with van der Waals surface area (Å²) in [6, 6.07) is 1.51. The third-order valence-electron chi connectivity index (χ3n) is 3.63. The minimum absolute atomic E-state index is 0.0196. The number of rotatable bonds is 3. The van der Waals surface area contributed by atoms with Crippen LogP contribution < -0.4 is 0 Å². The molecule has 8 heteroatoms. The Labute approximate surface area is 121 Å². The molecule has 21 heavy (non-hydrogen) atoms. The Morgan fingerprint density at radius 1 is 1.24 bits per heavy atom. The van der Waals surface area contributed by atoms with Crippen LogP contribution in [-0.2, 0) is 14.8 Å². The Hall–Kier alpha value is -1.54. The van der Waals surface area contributed by atoms with Gasteiger partial charge in [0.25, 0.3) is 0 Å². The van der Waals surface area contributed by atoms with E-state index in [-0.39, 0.29) is 31.5 Å². The topological polar surface area (TPSA) is 74.7 Å². The fraction of sp³-hybridized carbons (Fsp3) is 0.462. The zero-order chi connectivity index (χ0) is 15.8. The van der Waals surface area contributed by atoms with Crippen LogP contribution in [0.4, 0.5) is 8.78 Å². The third kappa shape index (κ3) is 3.06. The minimum Gasteiger partial charge on any atom is -0.481 e. The zero-order valence-electron chi connectivity index (χ0n) is 11.3. The van der Waals surface area contributed by atoms with Gasteiger partial charge in [0.2, 0.25) is 10.0 Å². The summed E-state index contributed by atoms with van der Waals surface area (Å²) in [5.74, 6) is -3.37. The highest BCUT2D eigenvalue weighted by molar-refractivity contribution is 7.89. The molecule has 116 valence electrons. The van der Waals surface area contributed by atoms with E-state index in [0.29, 0.717) is 6.07 Å². The molecule has 0 aliphatic carbocycles. The van der Waals surface area contributed by atoms with Crippen LogP contribution in [0.25, 0.3) is 0 Å². The van der Waals surface area contributed by atoms with Crippen molar-refractivity contribution in [2.45, 2.75) is 24.7 Å². The van der Waals surface area contributed by atoms with Crippen LogP contribution in [0.3, 0.4) is 0 Å². The van der Waals surface area contributed by atoms with Crippen molar-refractivity contribution in [2.75, 3.05) is 13.1 Å². The van der Waals surface area contributed by atoms with Gasteiger partial charge in [0.15, 0.2) is 0 Å². The van der Waals surface area contributed by atoms with E-state index < -0.39 is 38.4 Å². The number of aliphatic carboxylic acids is 1. The molecule has 1 aliphatic heterocycles. The number of nitrogens with zero attached hydrogens (tertiary/aromatic N) is 1. The van der Waals surface area contributed by atoms with Gasteiger partial charge in [-0.05, 0) is 37.5 Å². The fourth-order valence-corrected chi connectivity index (χ4v) is 3.84. The molecule has 2 rings (SSSR count). The molecule has 0 bridgehead atoms. The number of halogens is 2. The number of carbonyl (C=O) groups is 1. The molecule has 1 aromatic rings. The molecule has 0 aromatic heterocycles. The van der Waals surface area contributed by atoms with Gasteiger partial charge in [0.1, 0.15) is 16.5 Å². The van der Waals surface area contributed by atoms with Crippen LogP contribution in [0.1, 0.15) is 18.4 Å². The van der Waals surface area contributed by atoms with Gasteiger partial charge in [-0.2, -0.15) is 4.31 Å². The van der Waals surface area contributed by atoms with Gasteiger partial charge in [-0.25, -0.2) is 17.2 Å². The lowest BCUT2D eigenvalue weighted by Crippen LogP contribution is -2.40. The first-order valence-electron chi connectivity index (χ1n) is 6.42. The standard InChI is InChI=1S/C13H15F2NO4S/c1-8-6-11(15)12(7-10(8)14)21(19,20)16-4-2-9(3-5-16)13(17)18/h6-7,9H,2-5H2,1H3,(H,17,18). The highest BCUT2D eigenvalue weighted by Crippen LogP contribution is 2.26. The Balaban J connectivity index is 2.28. The molecule has 0 radical (unpaired) electrons. The highest BCUT2D eigenvalue weighted by atomic mass is 32.2. The maximum absolute atomic E-state index is 13.8. The van der Waals surface area contributed by atoms with Crippen molar-refractivity contribution in [2.24, 2.45) is 5.92 Å². The lowest BCUT2D eigenvalue weighted by Gasteiger charge is -2.29. The molecule has 1 heterocycles. The second kappa shape index (κ2) is 5.69. The van der Waals surface area contributed by atoms with E-state index in [9.17, 15) is 22.0 Å². The number of aryl methyl sites for hydroxylation is 1. The Bertz CT molecular complexity index is 667. The predicted octanol–water partition coefficient (Wildman–Crippen LogP) is 1.76. The normalized spacial score (nSPS) is 17.9. The van der Waals surface area contributed by atoms with Crippen LogP contribution in [0, 0.1) is 24.5 Å². The summed E-state index contributed by atoms with van der Waals surface area (Å²) in [6.07, 6.45) is 0.315. The summed E-state index contributed by atoms with van der Waals surface area (Å²) < 4.78 is 53.0. The second-order valence-electron chi connectivity index (χ2n) is 5.05. The van der Waals surface area contributed by atoms with Crippen LogP contribution in [0.5, 0.6) is 0 Å². The van der Waals surface area contributed by atoms with Crippen LogP contribution in [-0.4, -0.2) is 36.9 Å². The summed E-state index contributed by atoms with van der Waals surface area (Å²) in [5.41, 5.74) is 0.0241. The van der Waals surface area contributed by atoms with Crippen molar-refractivity contribution >= 4 is 16.0 Å².